The van der Waals surface area contributed by atoms with E-state index in [2.05, 4.69) is 16.8 Å². The fourth-order valence-electron chi connectivity index (χ4n) is 0.809. The lowest BCUT2D eigenvalue weighted by Gasteiger charge is -1.95. The van der Waals surface area contributed by atoms with Crippen LogP contribution >= 0.6 is 23.4 Å². The Morgan fingerprint density at radius 3 is 3.07 bits per heavy atom. The van der Waals surface area contributed by atoms with Gasteiger partial charge in [0.2, 0.25) is 0 Å². The van der Waals surface area contributed by atoms with E-state index < -0.39 is 0 Å². The Balaban J connectivity index is 2.64. The van der Waals surface area contributed by atoms with E-state index in [1.165, 1.54) is 18.7 Å². The summed E-state index contributed by atoms with van der Waals surface area (Å²) in [5, 5.41) is 0.330. The number of aromatic nitrogens is 1. The summed E-state index contributed by atoms with van der Waals surface area (Å²) in [5.74, 6) is 6.15. The first kappa shape index (κ1) is 11.9. The summed E-state index contributed by atoms with van der Waals surface area (Å²) in [7, 11) is 0. The van der Waals surface area contributed by atoms with Crippen molar-refractivity contribution in [2.75, 3.05) is 11.5 Å². The number of thioether (sulfide) groups is 1. The van der Waals surface area contributed by atoms with Crippen LogP contribution in [0.2, 0.25) is 5.15 Å². The molecule has 0 spiro atoms. The summed E-state index contributed by atoms with van der Waals surface area (Å²) in [4.78, 5) is 14.5. The molecule has 0 saturated heterocycles. The molecule has 0 aliphatic carbocycles. The molecule has 0 fully saturated rings. The van der Waals surface area contributed by atoms with Crippen molar-refractivity contribution in [1.82, 2.24) is 4.98 Å². The van der Waals surface area contributed by atoms with Gasteiger partial charge in [-0.3, -0.25) is 4.79 Å². The van der Waals surface area contributed by atoms with E-state index in [-0.39, 0.29) is 10.3 Å². The van der Waals surface area contributed by atoms with Crippen molar-refractivity contribution < 1.29 is 4.79 Å². The highest BCUT2D eigenvalue weighted by atomic mass is 35.5. The standard InChI is InChI=1S/C10H9ClN2OS/c1-7(14)15-4-2-3-8-5-9(12)10(11)13-6-8/h5-6H,4,12H2,1H3. The van der Waals surface area contributed by atoms with Crippen LogP contribution in [-0.2, 0) is 4.79 Å². The number of carbonyl (C=O) groups excluding carboxylic acids is 1. The highest BCUT2D eigenvalue weighted by Crippen LogP contribution is 2.15. The molecule has 78 valence electrons. The van der Waals surface area contributed by atoms with Crippen LogP contribution in [0.1, 0.15) is 12.5 Å². The lowest BCUT2D eigenvalue weighted by Crippen LogP contribution is -1.90. The lowest BCUT2D eigenvalue weighted by atomic mass is 10.3. The summed E-state index contributed by atoms with van der Waals surface area (Å²) >= 11 is 6.82. The first-order valence-corrected chi connectivity index (χ1v) is 5.49. The minimum Gasteiger partial charge on any atom is -0.396 e. The maximum atomic E-state index is 10.6. The van der Waals surface area contributed by atoms with Gasteiger partial charge in [0.25, 0.3) is 0 Å². The van der Waals surface area contributed by atoms with E-state index in [0.717, 1.165) is 0 Å². The molecular formula is C10H9ClN2OS. The van der Waals surface area contributed by atoms with E-state index in [0.29, 0.717) is 17.0 Å². The minimum atomic E-state index is 0.0537. The Labute approximate surface area is 97.4 Å². The number of halogens is 1. The van der Waals surface area contributed by atoms with Crippen LogP contribution in [0.15, 0.2) is 12.3 Å². The predicted molar refractivity (Wildman–Crippen MR) is 63.7 cm³/mol. The zero-order valence-corrected chi connectivity index (χ0v) is 9.65. The van der Waals surface area contributed by atoms with Gasteiger partial charge < -0.3 is 5.73 Å². The van der Waals surface area contributed by atoms with Gasteiger partial charge in [-0.05, 0) is 6.07 Å². The van der Waals surface area contributed by atoms with E-state index in [1.807, 2.05) is 0 Å². The Kier molecular flexibility index (Phi) is 4.47. The van der Waals surface area contributed by atoms with Crippen LogP contribution in [0.5, 0.6) is 0 Å². The van der Waals surface area contributed by atoms with Crippen LogP contribution < -0.4 is 5.73 Å². The molecule has 0 radical (unpaired) electrons. The average Bonchev–Trinajstić information content (AvgIpc) is 2.18. The van der Waals surface area contributed by atoms with Crippen LogP contribution in [0.25, 0.3) is 0 Å². The van der Waals surface area contributed by atoms with Gasteiger partial charge in [-0.25, -0.2) is 4.98 Å². The van der Waals surface area contributed by atoms with Crippen molar-refractivity contribution in [3.8, 4) is 11.8 Å². The second kappa shape index (κ2) is 5.64. The van der Waals surface area contributed by atoms with Crippen LogP contribution in [0.4, 0.5) is 5.69 Å². The van der Waals surface area contributed by atoms with Crippen LogP contribution in [-0.4, -0.2) is 15.9 Å². The Morgan fingerprint density at radius 1 is 1.73 bits per heavy atom. The smallest absolute Gasteiger partial charge is 0.186 e. The first-order chi connectivity index (χ1) is 7.09. The molecule has 1 rings (SSSR count). The summed E-state index contributed by atoms with van der Waals surface area (Å²) < 4.78 is 0. The number of nitrogen functional groups attached to an aromatic ring is 1. The molecule has 0 amide bonds. The van der Waals surface area contributed by atoms with Crippen LogP contribution in [0, 0.1) is 11.8 Å². The van der Waals surface area contributed by atoms with Crippen molar-refractivity contribution in [3.05, 3.63) is 23.0 Å². The lowest BCUT2D eigenvalue weighted by molar-refractivity contribution is -0.109. The van der Waals surface area contributed by atoms with E-state index in [4.69, 9.17) is 17.3 Å². The topological polar surface area (TPSA) is 56.0 Å². The van der Waals surface area contributed by atoms with Gasteiger partial charge in [0.15, 0.2) is 10.3 Å². The van der Waals surface area contributed by atoms with Gasteiger partial charge in [-0.1, -0.05) is 35.2 Å². The summed E-state index contributed by atoms with van der Waals surface area (Å²) in [6.07, 6.45) is 1.55. The zero-order valence-electron chi connectivity index (χ0n) is 8.08. The molecule has 1 aromatic rings. The maximum Gasteiger partial charge on any atom is 0.186 e. The van der Waals surface area contributed by atoms with E-state index in [9.17, 15) is 4.79 Å². The normalized spacial score (nSPS) is 9.20. The van der Waals surface area contributed by atoms with Crippen molar-refractivity contribution in [2.24, 2.45) is 0 Å². The molecule has 1 aromatic heterocycles. The largest absolute Gasteiger partial charge is 0.396 e. The molecule has 0 atom stereocenters. The quantitative estimate of drug-likeness (QED) is 0.602. The molecule has 0 saturated carbocycles. The highest BCUT2D eigenvalue weighted by molar-refractivity contribution is 8.13. The third-order valence-electron chi connectivity index (χ3n) is 1.45. The Hall–Kier alpha value is -1.18. The number of anilines is 1. The molecule has 0 unspecified atom stereocenters. The minimum absolute atomic E-state index is 0.0537. The molecule has 0 bridgehead atoms. The molecule has 2 N–H and O–H groups in total. The fraction of sp³-hybridized carbons (Fsp3) is 0.200. The summed E-state index contributed by atoms with van der Waals surface area (Å²) in [5.41, 5.74) is 6.65. The number of rotatable bonds is 1. The second-order valence-corrected chi connectivity index (χ2v) is 4.20. The average molecular weight is 241 g/mol. The first-order valence-electron chi connectivity index (χ1n) is 4.13. The van der Waals surface area contributed by atoms with E-state index in [1.54, 1.807) is 12.3 Å². The molecule has 15 heavy (non-hydrogen) atoms. The molecule has 0 aliphatic heterocycles. The fourth-order valence-corrected chi connectivity index (χ4v) is 1.26. The number of nitrogens with two attached hydrogens (primary N) is 1. The van der Waals surface area contributed by atoms with Gasteiger partial charge in [-0.15, -0.1) is 0 Å². The van der Waals surface area contributed by atoms with E-state index >= 15 is 0 Å². The van der Waals surface area contributed by atoms with Crippen molar-refractivity contribution >= 4 is 34.2 Å². The van der Waals surface area contributed by atoms with Gasteiger partial charge in [0, 0.05) is 18.7 Å². The third kappa shape index (κ3) is 4.24. The predicted octanol–water partition coefficient (Wildman–Crippen LogP) is 1.95. The second-order valence-electron chi connectivity index (χ2n) is 2.69. The molecule has 5 heteroatoms. The summed E-state index contributed by atoms with van der Waals surface area (Å²) in [6.45, 7) is 1.51. The number of carbonyl (C=O) groups is 1. The zero-order chi connectivity index (χ0) is 11.3. The number of hydrogen-bond acceptors (Lipinski definition) is 4. The third-order valence-corrected chi connectivity index (χ3v) is 2.46. The molecule has 0 aliphatic rings. The van der Waals surface area contributed by atoms with Gasteiger partial charge in [0.1, 0.15) is 0 Å². The van der Waals surface area contributed by atoms with Crippen molar-refractivity contribution in [3.63, 3.8) is 0 Å². The number of hydrogen-bond donors (Lipinski definition) is 1. The molecule has 0 aromatic carbocycles. The molecule has 1 heterocycles. The Bertz CT molecular complexity index is 437. The monoisotopic (exact) mass is 240 g/mol. The van der Waals surface area contributed by atoms with Crippen molar-refractivity contribution in [1.29, 1.82) is 0 Å². The van der Waals surface area contributed by atoms with Gasteiger partial charge in [-0.2, -0.15) is 0 Å². The maximum absolute atomic E-state index is 10.6. The molecular weight excluding hydrogens is 232 g/mol. The number of pyridine rings is 1. The molecule has 3 nitrogen and oxygen atoms in total. The number of nitrogens with zero attached hydrogens (tertiary/aromatic N) is 1. The summed E-state index contributed by atoms with van der Waals surface area (Å²) in [6, 6.07) is 1.65. The van der Waals surface area contributed by atoms with Gasteiger partial charge in [0.05, 0.1) is 11.4 Å². The van der Waals surface area contributed by atoms with Crippen LogP contribution in [0.3, 0.4) is 0 Å². The van der Waals surface area contributed by atoms with Crippen molar-refractivity contribution in [2.45, 2.75) is 6.92 Å². The highest BCUT2D eigenvalue weighted by Gasteiger charge is 1.96. The SMILES string of the molecule is CC(=O)SCC#Cc1cnc(Cl)c(N)c1. The Morgan fingerprint density at radius 2 is 2.47 bits per heavy atom. The van der Waals surface area contributed by atoms with Gasteiger partial charge >= 0.3 is 0 Å².